The molecule has 0 bridgehead atoms. The Labute approximate surface area is 146 Å². The number of carbonyl (C=O) groups excluding carboxylic acids is 1. The van der Waals surface area contributed by atoms with E-state index in [-0.39, 0.29) is 18.2 Å². The van der Waals surface area contributed by atoms with Crippen LogP contribution in [0.25, 0.3) is 11.4 Å². The first-order valence-corrected chi connectivity index (χ1v) is 8.28. The molecule has 2 N–H and O–H groups in total. The number of H-pyrrole nitrogens is 1. The van der Waals surface area contributed by atoms with Crippen molar-refractivity contribution in [3.8, 4) is 17.1 Å². The summed E-state index contributed by atoms with van der Waals surface area (Å²) in [6, 6.07) is 7.43. The molecule has 1 aromatic heterocycles. The lowest BCUT2D eigenvalue weighted by Crippen LogP contribution is -2.53. The van der Waals surface area contributed by atoms with Crippen molar-refractivity contribution in [1.82, 2.24) is 25.4 Å². The van der Waals surface area contributed by atoms with Crippen molar-refractivity contribution in [3.63, 3.8) is 0 Å². The van der Waals surface area contributed by atoms with Gasteiger partial charge in [0.15, 0.2) is 5.82 Å². The van der Waals surface area contributed by atoms with Crippen LogP contribution in [-0.4, -0.2) is 58.5 Å². The Balaban J connectivity index is 1.58. The average Bonchev–Trinajstić information content (AvgIpc) is 3.11. The monoisotopic (exact) mass is 345 g/mol. The quantitative estimate of drug-likeness (QED) is 0.881. The molecule has 0 spiro atoms. The van der Waals surface area contributed by atoms with Gasteiger partial charge in [-0.25, -0.2) is 9.78 Å². The lowest BCUT2D eigenvalue weighted by atomic mass is 10.2. The van der Waals surface area contributed by atoms with Crippen molar-refractivity contribution < 1.29 is 14.3 Å². The predicted molar refractivity (Wildman–Crippen MR) is 92.2 cm³/mol. The molecule has 2 aromatic rings. The maximum absolute atomic E-state index is 12.4. The Morgan fingerprint density at radius 2 is 2.16 bits per heavy atom. The number of aromatic nitrogens is 3. The number of hydrogen-bond donors (Lipinski definition) is 2. The molecule has 1 aliphatic rings. The summed E-state index contributed by atoms with van der Waals surface area (Å²) < 4.78 is 10.7. The molecule has 1 aromatic carbocycles. The van der Waals surface area contributed by atoms with Gasteiger partial charge >= 0.3 is 6.03 Å². The highest BCUT2D eigenvalue weighted by Crippen LogP contribution is 2.19. The number of aromatic amines is 1. The van der Waals surface area contributed by atoms with E-state index in [4.69, 9.17) is 9.47 Å². The van der Waals surface area contributed by atoms with Gasteiger partial charge in [0.05, 0.1) is 32.4 Å². The van der Waals surface area contributed by atoms with E-state index in [9.17, 15) is 4.79 Å². The summed E-state index contributed by atoms with van der Waals surface area (Å²) in [7, 11) is 1.62. The van der Waals surface area contributed by atoms with E-state index < -0.39 is 0 Å². The molecule has 8 nitrogen and oxygen atoms in total. The van der Waals surface area contributed by atoms with E-state index in [2.05, 4.69) is 20.5 Å². The number of nitrogens with zero attached hydrogens (tertiary/aromatic N) is 3. The normalized spacial score (nSPS) is 20.4. The molecule has 1 fully saturated rings. The fraction of sp³-hybridized carbons (Fsp3) is 0.471. The standard InChI is InChI=1S/C17H23N5O3/c1-11-10-25-12(2)9-22(11)17(23)18-8-15-19-16(21-20-15)13-4-6-14(24-3)7-5-13/h4-7,11-12H,8-10H2,1-3H3,(H,18,23)(H,19,20,21)/t11-,12+/m1/s1. The second kappa shape index (κ2) is 7.52. The van der Waals surface area contributed by atoms with Crippen molar-refractivity contribution in [2.45, 2.75) is 32.5 Å². The van der Waals surface area contributed by atoms with Crippen molar-refractivity contribution in [1.29, 1.82) is 0 Å². The fourth-order valence-electron chi connectivity index (χ4n) is 2.69. The summed E-state index contributed by atoms with van der Waals surface area (Å²) in [5, 5.41) is 9.94. The fourth-order valence-corrected chi connectivity index (χ4v) is 2.69. The summed E-state index contributed by atoms with van der Waals surface area (Å²) >= 11 is 0. The molecule has 0 unspecified atom stereocenters. The third-order valence-corrected chi connectivity index (χ3v) is 4.16. The number of amides is 2. The van der Waals surface area contributed by atoms with Crippen LogP contribution in [-0.2, 0) is 11.3 Å². The van der Waals surface area contributed by atoms with Crippen LogP contribution in [0.2, 0.25) is 0 Å². The van der Waals surface area contributed by atoms with Crippen LogP contribution < -0.4 is 10.1 Å². The van der Waals surface area contributed by atoms with Crippen LogP contribution >= 0.6 is 0 Å². The number of carbonyl (C=O) groups is 1. The number of benzene rings is 1. The number of ether oxygens (including phenoxy) is 2. The largest absolute Gasteiger partial charge is 0.497 e. The minimum absolute atomic E-state index is 0.0499. The van der Waals surface area contributed by atoms with E-state index in [1.807, 2.05) is 38.1 Å². The molecule has 0 aliphatic carbocycles. The molecule has 2 amide bonds. The Morgan fingerprint density at radius 1 is 1.40 bits per heavy atom. The van der Waals surface area contributed by atoms with E-state index in [1.54, 1.807) is 12.0 Å². The second-order valence-corrected chi connectivity index (χ2v) is 6.14. The van der Waals surface area contributed by atoms with Gasteiger partial charge in [-0.3, -0.25) is 5.10 Å². The van der Waals surface area contributed by atoms with Crippen LogP contribution in [0, 0.1) is 0 Å². The molecule has 1 saturated heterocycles. The average molecular weight is 345 g/mol. The first kappa shape index (κ1) is 17.2. The molecule has 0 radical (unpaired) electrons. The van der Waals surface area contributed by atoms with Crippen molar-refractivity contribution in [2.24, 2.45) is 0 Å². The first-order valence-electron chi connectivity index (χ1n) is 8.28. The molecule has 8 heteroatoms. The van der Waals surface area contributed by atoms with Gasteiger partial charge in [-0.15, -0.1) is 0 Å². The number of hydrogen-bond acceptors (Lipinski definition) is 5. The van der Waals surface area contributed by atoms with Crippen molar-refractivity contribution in [2.75, 3.05) is 20.3 Å². The summed E-state index contributed by atoms with van der Waals surface area (Å²) in [4.78, 5) is 18.6. The van der Waals surface area contributed by atoms with Gasteiger partial charge in [0.2, 0.25) is 0 Å². The van der Waals surface area contributed by atoms with E-state index >= 15 is 0 Å². The lowest BCUT2D eigenvalue weighted by Gasteiger charge is -2.36. The molecular weight excluding hydrogens is 322 g/mol. The molecule has 2 heterocycles. The second-order valence-electron chi connectivity index (χ2n) is 6.14. The third kappa shape index (κ3) is 4.08. The van der Waals surface area contributed by atoms with Gasteiger partial charge in [0.1, 0.15) is 11.6 Å². The molecule has 3 rings (SSSR count). The number of rotatable bonds is 4. The minimum Gasteiger partial charge on any atom is -0.497 e. The zero-order valence-electron chi connectivity index (χ0n) is 14.7. The van der Waals surface area contributed by atoms with Gasteiger partial charge in [0.25, 0.3) is 0 Å². The predicted octanol–water partition coefficient (Wildman–Crippen LogP) is 1.80. The van der Waals surface area contributed by atoms with Crippen LogP contribution in [0.4, 0.5) is 4.79 Å². The summed E-state index contributed by atoms with van der Waals surface area (Å²) in [5.41, 5.74) is 0.880. The van der Waals surface area contributed by atoms with Crippen LogP contribution in [0.3, 0.4) is 0 Å². The molecule has 134 valence electrons. The summed E-state index contributed by atoms with van der Waals surface area (Å²) in [5.74, 6) is 1.97. The number of urea groups is 1. The summed E-state index contributed by atoms with van der Waals surface area (Å²) in [6.45, 7) is 5.37. The maximum atomic E-state index is 12.4. The van der Waals surface area contributed by atoms with Crippen molar-refractivity contribution in [3.05, 3.63) is 30.1 Å². The van der Waals surface area contributed by atoms with Crippen molar-refractivity contribution >= 4 is 6.03 Å². The van der Waals surface area contributed by atoms with E-state index in [0.29, 0.717) is 31.3 Å². The number of methoxy groups -OCH3 is 1. The minimum atomic E-state index is -0.120. The highest BCUT2D eigenvalue weighted by molar-refractivity contribution is 5.74. The molecular formula is C17H23N5O3. The Kier molecular flexibility index (Phi) is 5.18. The van der Waals surface area contributed by atoms with Gasteiger partial charge in [-0.05, 0) is 38.1 Å². The van der Waals surface area contributed by atoms with E-state index in [0.717, 1.165) is 11.3 Å². The SMILES string of the molecule is COc1ccc(-c2n[nH]c(CNC(=O)N3C[C@H](C)OC[C@H]3C)n2)cc1. The smallest absolute Gasteiger partial charge is 0.318 e. The number of nitrogens with one attached hydrogen (secondary N) is 2. The van der Waals surface area contributed by atoms with Gasteiger partial charge < -0.3 is 19.7 Å². The maximum Gasteiger partial charge on any atom is 0.318 e. The molecule has 0 saturated carbocycles. The van der Waals surface area contributed by atoms with Crippen LogP contribution in [0.1, 0.15) is 19.7 Å². The van der Waals surface area contributed by atoms with E-state index in [1.165, 1.54) is 0 Å². The lowest BCUT2D eigenvalue weighted by molar-refractivity contribution is -0.0318. The summed E-state index contributed by atoms with van der Waals surface area (Å²) in [6.07, 6.45) is 0.0499. The topological polar surface area (TPSA) is 92.4 Å². The first-order chi connectivity index (χ1) is 12.1. The zero-order chi connectivity index (χ0) is 17.8. The Bertz CT molecular complexity index is 715. The van der Waals surface area contributed by atoms with Gasteiger partial charge in [-0.2, -0.15) is 5.10 Å². The van der Waals surface area contributed by atoms with Crippen LogP contribution in [0.5, 0.6) is 5.75 Å². The molecule has 25 heavy (non-hydrogen) atoms. The van der Waals surface area contributed by atoms with Gasteiger partial charge in [0, 0.05) is 12.1 Å². The Morgan fingerprint density at radius 3 is 2.88 bits per heavy atom. The number of morpholine rings is 1. The zero-order valence-corrected chi connectivity index (χ0v) is 14.7. The Hall–Kier alpha value is -2.61. The van der Waals surface area contributed by atoms with Crippen LogP contribution in [0.15, 0.2) is 24.3 Å². The third-order valence-electron chi connectivity index (χ3n) is 4.16. The molecule has 1 aliphatic heterocycles. The highest BCUT2D eigenvalue weighted by Gasteiger charge is 2.27. The highest BCUT2D eigenvalue weighted by atomic mass is 16.5. The molecule has 2 atom stereocenters. The van der Waals surface area contributed by atoms with Gasteiger partial charge in [-0.1, -0.05) is 0 Å².